The third-order valence-electron chi connectivity index (χ3n) is 3.78. The number of ether oxygens (including phenoxy) is 1. The van der Waals surface area contributed by atoms with Gasteiger partial charge in [0.2, 0.25) is 0 Å². The number of carboxylic acid groups (broad SMARTS) is 2. The second-order valence-corrected chi connectivity index (χ2v) is 7.83. The summed E-state index contributed by atoms with van der Waals surface area (Å²) >= 11 is 0. The van der Waals surface area contributed by atoms with Gasteiger partial charge < -0.3 is 14.9 Å². The van der Waals surface area contributed by atoms with Crippen LogP contribution in [0.25, 0.3) is 0 Å². The minimum Gasteiger partial charge on any atom is -0.552 e. The fourth-order valence-corrected chi connectivity index (χ4v) is 2.88. The largest absolute Gasteiger partial charge is 1.00 e. The van der Waals surface area contributed by atoms with Crippen molar-refractivity contribution in [3.05, 3.63) is 6.61 Å². The molecule has 0 radical (unpaired) electrons. The fraction of sp³-hybridized carbons (Fsp3) is 0.833. The molecule has 0 aliphatic carbocycles. The van der Waals surface area contributed by atoms with Crippen molar-refractivity contribution >= 4 is 22.1 Å². The minimum absolute atomic E-state index is 0. The third-order valence-corrected chi connectivity index (χ3v) is 4.86. The molecule has 1 unspecified atom stereocenters. The maximum Gasteiger partial charge on any atom is 1.00 e. The van der Waals surface area contributed by atoms with Crippen molar-refractivity contribution in [2.45, 2.75) is 89.7 Å². The monoisotopic (exact) mass is 434 g/mol. The molecule has 0 spiro atoms. The van der Waals surface area contributed by atoms with Crippen molar-refractivity contribution in [2.24, 2.45) is 0 Å². The number of aliphatic carboxylic acids is 2. The maximum atomic E-state index is 10.2. The zero-order chi connectivity index (χ0) is 21.1. The summed E-state index contributed by atoms with van der Waals surface area (Å²) in [6.45, 7) is 6.91. The Balaban J connectivity index is -0.000000441. The van der Waals surface area contributed by atoms with Crippen LogP contribution in [0.3, 0.4) is 0 Å². The molecule has 0 aromatic rings. The average Bonchev–Trinajstić information content (AvgIpc) is 2.57. The Labute approximate surface area is 191 Å². The first-order valence-corrected chi connectivity index (χ1v) is 11.0. The Morgan fingerprint density at radius 2 is 1.36 bits per heavy atom. The van der Waals surface area contributed by atoms with E-state index >= 15 is 0 Å². The SMILES string of the molecule is C[CH-]OCCCCCCCCCCCC.O=C(O)CC(C(=O)O)S(=O)(=O)O.[Na+]. The molecular weight excluding hydrogens is 399 g/mol. The van der Waals surface area contributed by atoms with Gasteiger partial charge in [-0.15, -0.1) is 0 Å². The van der Waals surface area contributed by atoms with E-state index in [0.717, 1.165) is 6.61 Å². The van der Waals surface area contributed by atoms with Gasteiger partial charge in [0.1, 0.15) is 0 Å². The first-order chi connectivity index (χ1) is 12.7. The smallest absolute Gasteiger partial charge is 0.552 e. The van der Waals surface area contributed by atoms with Crippen LogP contribution >= 0.6 is 0 Å². The normalized spacial score (nSPS) is 11.7. The molecule has 162 valence electrons. The summed E-state index contributed by atoms with van der Waals surface area (Å²) in [4.78, 5) is 20.0. The number of unbranched alkanes of at least 4 members (excludes halogenated alkanes) is 9. The minimum atomic E-state index is -4.84. The Hall–Kier alpha value is -0.190. The standard InChI is InChI=1S/C14H29O.C4H6O7S.Na/c1-3-5-6-7-8-9-10-11-12-13-14-15-4-2;5-3(6)1-2(4(7)8)12(9,10)11;/h4H,3,5-14H2,1-2H3;2H,1H2,(H,5,6)(H,7,8)(H,9,10,11);/q-1;;+1. The molecule has 0 saturated heterocycles. The van der Waals surface area contributed by atoms with Gasteiger partial charge in [-0.3, -0.25) is 14.1 Å². The summed E-state index contributed by atoms with van der Waals surface area (Å²) < 4.78 is 33.8. The van der Waals surface area contributed by atoms with E-state index in [-0.39, 0.29) is 29.6 Å². The van der Waals surface area contributed by atoms with E-state index in [1.54, 1.807) is 6.61 Å². The molecule has 1 atom stereocenters. The summed E-state index contributed by atoms with van der Waals surface area (Å²) in [7, 11) is -4.84. The molecule has 0 aliphatic rings. The molecule has 0 aromatic carbocycles. The topological polar surface area (TPSA) is 138 Å². The van der Waals surface area contributed by atoms with Crippen LogP contribution in [-0.4, -0.2) is 47.0 Å². The molecular formula is C18H35NaO8S. The van der Waals surface area contributed by atoms with Gasteiger partial charge in [0.25, 0.3) is 10.1 Å². The average molecular weight is 435 g/mol. The molecule has 0 heterocycles. The molecule has 0 aliphatic heterocycles. The summed E-state index contributed by atoms with van der Waals surface area (Å²) in [5.74, 6) is -3.50. The second-order valence-electron chi connectivity index (χ2n) is 6.23. The van der Waals surface area contributed by atoms with Gasteiger partial charge in [0.15, 0.2) is 5.25 Å². The van der Waals surface area contributed by atoms with Crippen molar-refractivity contribution in [1.29, 1.82) is 0 Å². The quantitative estimate of drug-likeness (QED) is 0.141. The van der Waals surface area contributed by atoms with Crippen molar-refractivity contribution in [3.63, 3.8) is 0 Å². The summed E-state index contributed by atoms with van der Waals surface area (Å²) in [5.41, 5.74) is 0. The van der Waals surface area contributed by atoms with Gasteiger partial charge in [-0.25, -0.2) is 6.61 Å². The van der Waals surface area contributed by atoms with Gasteiger partial charge in [0.05, 0.1) is 6.42 Å². The van der Waals surface area contributed by atoms with Gasteiger partial charge >= 0.3 is 41.5 Å². The Bertz CT molecular complexity index is 470. The third kappa shape index (κ3) is 23.8. The molecule has 0 aromatic heterocycles. The van der Waals surface area contributed by atoms with Gasteiger partial charge in [0, 0.05) is 6.61 Å². The van der Waals surface area contributed by atoms with E-state index < -0.39 is 33.7 Å². The second kappa shape index (κ2) is 21.5. The molecule has 0 bridgehead atoms. The molecule has 0 saturated carbocycles. The summed E-state index contributed by atoms with van der Waals surface area (Å²) in [6.07, 6.45) is 12.8. The molecule has 0 fully saturated rings. The first kappa shape index (κ1) is 32.5. The van der Waals surface area contributed by atoms with E-state index in [2.05, 4.69) is 6.92 Å². The van der Waals surface area contributed by atoms with Crippen LogP contribution in [0.1, 0.15) is 84.5 Å². The Kier molecular flexibility index (Phi) is 25.0. The van der Waals surface area contributed by atoms with Crippen LogP contribution in [0, 0.1) is 6.61 Å². The van der Waals surface area contributed by atoms with Crippen LogP contribution < -0.4 is 29.6 Å². The summed E-state index contributed by atoms with van der Waals surface area (Å²) in [6, 6.07) is 0. The van der Waals surface area contributed by atoms with E-state index in [4.69, 9.17) is 19.5 Å². The Morgan fingerprint density at radius 3 is 1.64 bits per heavy atom. The van der Waals surface area contributed by atoms with Crippen molar-refractivity contribution < 1.29 is 67.1 Å². The molecule has 0 rings (SSSR count). The van der Waals surface area contributed by atoms with E-state index in [1.165, 1.54) is 64.2 Å². The molecule has 28 heavy (non-hydrogen) atoms. The van der Waals surface area contributed by atoms with Crippen LogP contribution in [0.15, 0.2) is 0 Å². The number of rotatable bonds is 16. The number of carboxylic acids is 2. The zero-order valence-electron chi connectivity index (χ0n) is 17.4. The van der Waals surface area contributed by atoms with Crippen LogP contribution in [-0.2, 0) is 24.4 Å². The Morgan fingerprint density at radius 1 is 0.929 bits per heavy atom. The predicted octanol–water partition coefficient (Wildman–Crippen LogP) is 0.912. The van der Waals surface area contributed by atoms with Crippen molar-refractivity contribution in [3.8, 4) is 0 Å². The fourth-order valence-electron chi connectivity index (χ4n) is 2.27. The number of carbonyl (C=O) groups is 2. The van der Waals surface area contributed by atoms with Crippen LogP contribution in [0.2, 0.25) is 0 Å². The van der Waals surface area contributed by atoms with Crippen LogP contribution in [0.4, 0.5) is 0 Å². The zero-order valence-corrected chi connectivity index (χ0v) is 20.2. The van der Waals surface area contributed by atoms with E-state index in [9.17, 15) is 18.0 Å². The van der Waals surface area contributed by atoms with Crippen molar-refractivity contribution in [1.82, 2.24) is 0 Å². The molecule has 10 heteroatoms. The molecule has 0 amide bonds. The molecule has 3 N–H and O–H groups in total. The number of hydrogen-bond donors (Lipinski definition) is 3. The molecule has 8 nitrogen and oxygen atoms in total. The summed E-state index contributed by atoms with van der Waals surface area (Å²) in [5, 5.41) is 13.9. The van der Waals surface area contributed by atoms with Gasteiger partial charge in [-0.05, 0) is 6.42 Å². The van der Waals surface area contributed by atoms with Gasteiger partial charge in [-0.1, -0.05) is 64.7 Å². The predicted molar refractivity (Wildman–Crippen MR) is 103 cm³/mol. The van der Waals surface area contributed by atoms with Crippen LogP contribution in [0.5, 0.6) is 0 Å². The van der Waals surface area contributed by atoms with E-state index in [1.807, 2.05) is 6.92 Å². The number of hydrogen-bond acceptors (Lipinski definition) is 5. The van der Waals surface area contributed by atoms with Crippen molar-refractivity contribution in [2.75, 3.05) is 6.61 Å². The maximum absolute atomic E-state index is 10.2. The first-order valence-electron chi connectivity index (χ1n) is 9.47. The van der Waals surface area contributed by atoms with Gasteiger partial charge in [-0.2, -0.15) is 15.3 Å². The van der Waals surface area contributed by atoms with E-state index in [0.29, 0.717) is 0 Å².